The lowest BCUT2D eigenvalue weighted by Crippen LogP contribution is -2.50. The van der Waals surface area contributed by atoms with Gasteiger partial charge in [-0.1, -0.05) is 44.7 Å². The van der Waals surface area contributed by atoms with Gasteiger partial charge < -0.3 is 4.90 Å². The monoisotopic (exact) mass is 442 g/mol. The second-order valence-electron chi connectivity index (χ2n) is 9.23. The zero-order chi connectivity index (χ0) is 22.1. The van der Waals surface area contributed by atoms with E-state index in [0.29, 0.717) is 28.6 Å². The maximum atomic E-state index is 13.0. The molecule has 7 nitrogen and oxygen atoms in total. The number of hydrogen-bond acceptors (Lipinski definition) is 6. The second-order valence-corrected chi connectivity index (χ2v) is 10.2. The fourth-order valence-corrected chi connectivity index (χ4v) is 5.87. The quantitative estimate of drug-likeness (QED) is 0.667. The Bertz CT molecular complexity index is 846. The number of carbonyl (C=O) groups is 1. The molecule has 31 heavy (non-hydrogen) atoms. The molecule has 3 heterocycles. The van der Waals surface area contributed by atoms with E-state index < -0.39 is 0 Å². The van der Waals surface area contributed by atoms with Gasteiger partial charge in [-0.3, -0.25) is 20.5 Å². The number of amidine groups is 2. The van der Waals surface area contributed by atoms with Crippen molar-refractivity contribution in [3.63, 3.8) is 0 Å². The van der Waals surface area contributed by atoms with Crippen LogP contribution in [0.2, 0.25) is 0 Å². The van der Waals surface area contributed by atoms with Crippen LogP contribution in [-0.2, 0) is 11.2 Å². The molecule has 0 aromatic heterocycles. The third kappa shape index (κ3) is 4.66. The van der Waals surface area contributed by atoms with Crippen molar-refractivity contribution >= 4 is 34.4 Å². The number of rotatable bonds is 4. The fourth-order valence-electron chi connectivity index (χ4n) is 4.91. The van der Waals surface area contributed by atoms with Crippen LogP contribution in [0.5, 0.6) is 0 Å². The van der Waals surface area contributed by atoms with Crippen LogP contribution in [0.15, 0.2) is 29.3 Å². The zero-order valence-corrected chi connectivity index (χ0v) is 19.7. The molecule has 168 valence electrons. The number of thioether (sulfide) groups is 1. The lowest BCUT2D eigenvalue weighted by Gasteiger charge is -2.37. The number of hydrogen-bond donors (Lipinski definition) is 3. The molecule has 3 N–H and O–H groups in total. The number of hydrazine groups is 1. The van der Waals surface area contributed by atoms with E-state index in [-0.39, 0.29) is 24.0 Å². The maximum absolute atomic E-state index is 13.0. The summed E-state index contributed by atoms with van der Waals surface area (Å²) in [6, 6.07) is 8.43. The molecule has 1 aromatic rings. The SMILES string of the molecule is CCc1ccc(N2C(=N)C3C(C)NNC3N=C2SCC(=O)N2CC(C)CC(C)C2)cc1. The Morgan fingerprint density at radius 2 is 1.84 bits per heavy atom. The van der Waals surface area contributed by atoms with Gasteiger partial charge in [-0.2, -0.15) is 0 Å². The van der Waals surface area contributed by atoms with E-state index in [1.165, 1.54) is 23.7 Å². The molecular formula is C23H34N6OS. The van der Waals surface area contributed by atoms with Crippen LogP contribution in [0.1, 0.15) is 39.7 Å². The van der Waals surface area contributed by atoms with Gasteiger partial charge >= 0.3 is 0 Å². The van der Waals surface area contributed by atoms with Crippen molar-refractivity contribution in [1.82, 2.24) is 15.8 Å². The van der Waals surface area contributed by atoms with Crippen LogP contribution in [0.25, 0.3) is 0 Å². The van der Waals surface area contributed by atoms with Crippen LogP contribution in [0, 0.1) is 23.2 Å². The van der Waals surface area contributed by atoms with E-state index in [4.69, 9.17) is 10.4 Å². The molecular weight excluding hydrogens is 408 g/mol. The van der Waals surface area contributed by atoms with Crippen molar-refractivity contribution in [1.29, 1.82) is 5.41 Å². The predicted molar refractivity (Wildman–Crippen MR) is 128 cm³/mol. The number of benzene rings is 1. The van der Waals surface area contributed by atoms with Crippen molar-refractivity contribution in [3.05, 3.63) is 29.8 Å². The van der Waals surface area contributed by atoms with Gasteiger partial charge in [0.05, 0.1) is 11.7 Å². The first-order valence-corrected chi connectivity index (χ1v) is 12.3. The van der Waals surface area contributed by atoms with Crippen molar-refractivity contribution in [2.24, 2.45) is 22.7 Å². The van der Waals surface area contributed by atoms with E-state index >= 15 is 0 Å². The minimum atomic E-state index is -0.179. The molecule has 1 amide bonds. The zero-order valence-electron chi connectivity index (χ0n) is 18.9. The number of likely N-dealkylation sites (tertiary alicyclic amines) is 1. The van der Waals surface area contributed by atoms with Gasteiger partial charge in [0.25, 0.3) is 0 Å². The molecule has 0 aliphatic carbocycles. The molecule has 4 rings (SSSR count). The highest BCUT2D eigenvalue weighted by Gasteiger charge is 2.43. The first-order chi connectivity index (χ1) is 14.9. The third-order valence-electron chi connectivity index (χ3n) is 6.48. The first kappa shape index (κ1) is 22.3. The van der Waals surface area contributed by atoms with Crippen molar-refractivity contribution < 1.29 is 4.79 Å². The summed E-state index contributed by atoms with van der Waals surface area (Å²) < 4.78 is 0. The van der Waals surface area contributed by atoms with Gasteiger partial charge in [-0.25, -0.2) is 10.4 Å². The smallest absolute Gasteiger partial charge is 0.233 e. The van der Waals surface area contributed by atoms with Gasteiger partial charge in [0.15, 0.2) is 5.17 Å². The number of amides is 1. The highest BCUT2D eigenvalue weighted by atomic mass is 32.2. The number of carbonyl (C=O) groups excluding carboxylic acids is 1. The minimum absolute atomic E-state index is 0.0466. The molecule has 3 aliphatic heterocycles. The van der Waals surface area contributed by atoms with E-state index in [1.54, 1.807) is 0 Å². The molecule has 5 unspecified atom stereocenters. The number of aryl methyl sites for hydroxylation is 1. The second kappa shape index (κ2) is 9.30. The molecule has 2 saturated heterocycles. The van der Waals surface area contributed by atoms with Gasteiger partial charge in [0.1, 0.15) is 12.0 Å². The summed E-state index contributed by atoms with van der Waals surface area (Å²) in [7, 11) is 0. The van der Waals surface area contributed by atoms with Crippen LogP contribution in [-0.4, -0.2) is 52.9 Å². The Balaban J connectivity index is 1.54. The summed E-state index contributed by atoms with van der Waals surface area (Å²) in [5.74, 6) is 2.06. The lowest BCUT2D eigenvalue weighted by atomic mass is 9.92. The molecule has 0 spiro atoms. The van der Waals surface area contributed by atoms with Crippen molar-refractivity contribution in [2.45, 2.75) is 52.7 Å². The predicted octanol–water partition coefficient (Wildman–Crippen LogP) is 3.08. The Kier molecular flexibility index (Phi) is 6.69. The van der Waals surface area contributed by atoms with Crippen molar-refractivity contribution in [3.8, 4) is 0 Å². The van der Waals surface area contributed by atoms with Gasteiger partial charge in [-0.15, -0.1) is 0 Å². The topological polar surface area (TPSA) is 83.8 Å². The number of anilines is 1. The van der Waals surface area contributed by atoms with Gasteiger partial charge in [0.2, 0.25) is 5.91 Å². The van der Waals surface area contributed by atoms with Crippen LogP contribution in [0.4, 0.5) is 5.69 Å². The van der Waals surface area contributed by atoms with Gasteiger partial charge in [-0.05, 0) is 49.3 Å². The van der Waals surface area contributed by atoms with E-state index in [9.17, 15) is 4.79 Å². The molecule has 8 heteroatoms. The molecule has 1 aromatic carbocycles. The Morgan fingerprint density at radius 1 is 1.16 bits per heavy atom. The number of piperidine rings is 1. The first-order valence-electron chi connectivity index (χ1n) is 11.3. The number of nitrogens with one attached hydrogen (secondary N) is 3. The summed E-state index contributed by atoms with van der Waals surface area (Å²) in [5, 5.41) is 9.67. The van der Waals surface area contributed by atoms with Crippen LogP contribution >= 0.6 is 11.8 Å². The van der Waals surface area contributed by atoms with E-state index in [1.807, 2.05) is 9.80 Å². The summed E-state index contributed by atoms with van der Waals surface area (Å²) >= 11 is 1.44. The average Bonchev–Trinajstić information content (AvgIpc) is 3.12. The highest BCUT2D eigenvalue weighted by molar-refractivity contribution is 8.14. The molecule has 0 bridgehead atoms. The fraction of sp³-hybridized carbons (Fsp3) is 0.609. The summed E-state index contributed by atoms with van der Waals surface area (Å²) in [4.78, 5) is 21.8. The van der Waals surface area contributed by atoms with Crippen LogP contribution < -0.4 is 15.8 Å². The van der Waals surface area contributed by atoms with E-state index in [0.717, 1.165) is 25.2 Å². The van der Waals surface area contributed by atoms with Crippen molar-refractivity contribution in [2.75, 3.05) is 23.7 Å². The summed E-state index contributed by atoms with van der Waals surface area (Å²) in [6.45, 7) is 10.3. The summed E-state index contributed by atoms with van der Waals surface area (Å²) in [6.07, 6.45) is 1.98. The molecule has 5 atom stereocenters. The number of nitrogens with zero attached hydrogens (tertiary/aromatic N) is 3. The minimum Gasteiger partial charge on any atom is -0.341 e. The largest absolute Gasteiger partial charge is 0.341 e. The molecule has 0 saturated carbocycles. The standard InChI is InChI=1S/C23H34N6OS/c1-5-17-6-8-18(9-7-17)29-21(24)20-16(4)26-27-22(20)25-23(29)31-13-19(30)28-11-14(2)10-15(3)12-28/h6-9,14-16,20,22,24,26-27H,5,10-13H2,1-4H3. The Morgan fingerprint density at radius 3 is 2.48 bits per heavy atom. The Labute approximate surface area is 189 Å². The molecule has 0 radical (unpaired) electrons. The number of fused-ring (bicyclic) bond motifs is 1. The average molecular weight is 443 g/mol. The lowest BCUT2D eigenvalue weighted by molar-refractivity contribution is -0.130. The summed E-state index contributed by atoms with van der Waals surface area (Å²) in [5.41, 5.74) is 8.62. The maximum Gasteiger partial charge on any atom is 0.233 e. The van der Waals surface area contributed by atoms with E-state index in [2.05, 4.69) is 62.8 Å². The molecule has 3 aliphatic rings. The van der Waals surface area contributed by atoms with Crippen LogP contribution in [0.3, 0.4) is 0 Å². The third-order valence-corrected chi connectivity index (χ3v) is 7.42. The van der Waals surface area contributed by atoms with Gasteiger partial charge in [0, 0.05) is 24.8 Å². The number of aliphatic imine (C=N–C) groups is 1. The molecule has 2 fully saturated rings. The Hall–Kier alpha value is -1.90. The highest BCUT2D eigenvalue weighted by Crippen LogP contribution is 2.32. The normalized spacial score (nSPS) is 30.9.